The lowest BCUT2D eigenvalue weighted by Gasteiger charge is -2.13. The Bertz CT molecular complexity index is 271. The molecule has 0 aliphatic carbocycles. The highest BCUT2D eigenvalue weighted by molar-refractivity contribution is 6.67. The Labute approximate surface area is 68.7 Å². The molecule has 0 radical (unpaired) electrons. The molecule has 0 saturated carbocycles. The van der Waals surface area contributed by atoms with E-state index in [9.17, 15) is 0 Å². The molecule has 5 heteroatoms. The zero-order chi connectivity index (χ0) is 7.84. The zero-order valence-corrected chi connectivity index (χ0v) is 6.62. The molecule has 0 bridgehead atoms. The van der Waals surface area contributed by atoms with E-state index in [4.69, 9.17) is 16.3 Å². The van der Waals surface area contributed by atoms with E-state index >= 15 is 0 Å². The third kappa shape index (κ3) is 1.03. The van der Waals surface area contributed by atoms with Gasteiger partial charge in [-0.3, -0.25) is 0 Å². The van der Waals surface area contributed by atoms with Crippen molar-refractivity contribution in [3.8, 4) is 0 Å². The zero-order valence-electron chi connectivity index (χ0n) is 5.86. The quantitative estimate of drug-likeness (QED) is 0.532. The Hall–Kier alpha value is -0.900. The van der Waals surface area contributed by atoms with Gasteiger partial charge in [-0.2, -0.15) is 0 Å². The normalized spacial score (nSPS) is 34.0. The van der Waals surface area contributed by atoms with E-state index in [2.05, 4.69) is 15.0 Å². The molecule has 0 aromatic heterocycles. The first kappa shape index (κ1) is 6.79. The molecule has 4 nitrogen and oxygen atoms in total. The van der Waals surface area contributed by atoms with Gasteiger partial charge in [-0.1, -0.05) is 11.6 Å². The number of fused-ring (bicyclic) bond motifs is 1. The van der Waals surface area contributed by atoms with Crippen LogP contribution in [0.2, 0.25) is 0 Å². The minimum absolute atomic E-state index is 0.207. The van der Waals surface area contributed by atoms with E-state index in [-0.39, 0.29) is 12.3 Å². The number of ether oxygens (including phenoxy) is 1. The van der Waals surface area contributed by atoms with Crippen molar-refractivity contribution in [1.82, 2.24) is 0 Å². The van der Waals surface area contributed by atoms with Gasteiger partial charge in [0.25, 0.3) is 0 Å². The maximum Gasteiger partial charge on any atom is 0.221 e. The molecule has 2 heterocycles. The van der Waals surface area contributed by atoms with Gasteiger partial charge in [0.05, 0.1) is 0 Å². The first-order valence-corrected chi connectivity index (χ1v) is 3.61. The van der Waals surface area contributed by atoms with E-state index in [0.29, 0.717) is 11.1 Å². The summed E-state index contributed by atoms with van der Waals surface area (Å²) in [5.74, 6) is 0.618. The minimum Gasteiger partial charge on any atom is -0.453 e. The van der Waals surface area contributed by atoms with E-state index in [1.807, 2.05) is 0 Å². The Morgan fingerprint density at radius 1 is 1.64 bits per heavy atom. The molecule has 11 heavy (non-hydrogen) atoms. The van der Waals surface area contributed by atoms with Gasteiger partial charge in [0.1, 0.15) is 11.5 Å². The average molecular weight is 172 g/mol. The van der Waals surface area contributed by atoms with Crippen molar-refractivity contribution in [3.05, 3.63) is 0 Å². The van der Waals surface area contributed by atoms with E-state index in [1.165, 1.54) is 6.34 Å². The van der Waals surface area contributed by atoms with Gasteiger partial charge in [0.15, 0.2) is 11.9 Å². The molecule has 0 spiro atoms. The number of aliphatic imine (C=N–C) groups is 3. The van der Waals surface area contributed by atoms with Crippen LogP contribution in [0.3, 0.4) is 0 Å². The Kier molecular flexibility index (Phi) is 1.42. The summed E-state index contributed by atoms with van der Waals surface area (Å²) in [5.41, 5.74) is 0. The van der Waals surface area contributed by atoms with Crippen LogP contribution in [0.25, 0.3) is 0 Å². The van der Waals surface area contributed by atoms with Crippen LogP contribution in [0.5, 0.6) is 0 Å². The summed E-state index contributed by atoms with van der Waals surface area (Å²) in [5, 5.41) is 0.446. The van der Waals surface area contributed by atoms with Crippen molar-refractivity contribution in [2.45, 2.75) is 19.2 Å². The number of hydrogen-bond donors (Lipinski definition) is 0. The van der Waals surface area contributed by atoms with Crippen LogP contribution in [-0.2, 0) is 4.74 Å². The van der Waals surface area contributed by atoms with Gasteiger partial charge in [-0.05, 0) is 0 Å². The summed E-state index contributed by atoms with van der Waals surface area (Å²) in [7, 11) is 0. The molecule has 0 fully saturated rings. The summed E-state index contributed by atoms with van der Waals surface area (Å²) in [6.45, 7) is 1.78. The second-order valence-corrected chi connectivity index (χ2v) is 2.70. The van der Waals surface area contributed by atoms with E-state index < -0.39 is 0 Å². The fraction of sp³-hybridized carbons (Fsp3) is 0.500. The summed E-state index contributed by atoms with van der Waals surface area (Å²) in [6, 6.07) is -0.207. The van der Waals surface area contributed by atoms with Crippen LogP contribution in [0, 0.1) is 0 Å². The van der Waals surface area contributed by atoms with Gasteiger partial charge in [0.2, 0.25) is 6.23 Å². The molecule has 0 saturated heterocycles. The number of nitrogens with zero attached hydrogens (tertiary/aromatic N) is 3. The predicted octanol–water partition coefficient (Wildman–Crippen LogP) is 0.809. The maximum atomic E-state index is 5.75. The molecule has 2 rings (SSSR count). The third-order valence-electron chi connectivity index (χ3n) is 1.52. The SMILES string of the molecule is CC1=NC2C(Cl)=NC=NC2O1. The molecule has 0 aromatic rings. The predicted molar refractivity (Wildman–Crippen MR) is 43.6 cm³/mol. The second kappa shape index (κ2) is 2.30. The molecule has 0 N–H and O–H groups in total. The van der Waals surface area contributed by atoms with Crippen molar-refractivity contribution in [1.29, 1.82) is 0 Å². The van der Waals surface area contributed by atoms with Crippen molar-refractivity contribution in [2.24, 2.45) is 15.0 Å². The van der Waals surface area contributed by atoms with Crippen LogP contribution < -0.4 is 0 Å². The Morgan fingerprint density at radius 3 is 3.18 bits per heavy atom. The van der Waals surface area contributed by atoms with Gasteiger partial charge >= 0.3 is 0 Å². The van der Waals surface area contributed by atoms with Gasteiger partial charge in [0, 0.05) is 6.92 Å². The van der Waals surface area contributed by atoms with E-state index in [0.717, 1.165) is 0 Å². The molecule has 58 valence electrons. The molecule has 0 aromatic carbocycles. The highest BCUT2D eigenvalue weighted by Crippen LogP contribution is 2.19. The second-order valence-electron chi connectivity index (χ2n) is 2.32. The van der Waals surface area contributed by atoms with Crippen molar-refractivity contribution >= 4 is 29.0 Å². The molecular formula is C6H6ClN3O. The molecule has 2 aliphatic rings. The number of hydrogen-bond acceptors (Lipinski definition) is 4. The van der Waals surface area contributed by atoms with Gasteiger partial charge in [-0.15, -0.1) is 0 Å². The Balaban J connectivity index is 2.30. The summed E-state index contributed by atoms with van der Waals surface area (Å²) in [6.07, 6.45) is 1.12. The van der Waals surface area contributed by atoms with Crippen molar-refractivity contribution in [2.75, 3.05) is 0 Å². The molecular weight excluding hydrogens is 166 g/mol. The largest absolute Gasteiger partial charge is 0.453 e. The lowest BCUT2D eigenvalue weighted by atomic mass is 10.3. The van der Waals surface area contributed by atoms with Crippen molar-refractivity contribution < 1.29 is 4.74 Å². The monoisotopic (exact) mass is 171 g/mol. The fourth-order valence-corrected chi connectivity index (χ4v) is 1.24. The lowest BCUT2D eigenvalue weighted by molar-refractivity contribution is 0.219. The van der Waals surface area contributed by atoms with Gasteiger partial charge < -0.3 is 4.74 Å². The fourth-order valence-electron chi connectivity index (χ4n) is 1.04. The molecule has 2 atom stereocenters. The van der Waals surface area contributed by atoms with Crippen molar-refractivity contribution in [3.63, 3.8) is 0 Å². The first-order valence-electron chi connectivity index (χ1n) is 3.23. The van der Waals surface area contributed by atoms with Crippen LogP contribution in [-0.4, -0.2) is 29.7 Å². The van der Waals surface area contributed by atoms with E-state index in [1.54, 1.807) is 6.92 Å². The highest BCUT2D eigenvalue weighted by atomic mass is 35.5. The Morgan fingerprint density at radius 2 is 2.45 bits per heavy atom. The summed E-state index contributed by atoms with van der Waals surface area (Å²) in [4.78, 5) is 11.9. The summed E-state index contributed by atoms with van der Waals surface area (Å²) < 4.78 is 5.22. The minimum atomic E-state index is -0.278. The molecule has 2 unspecified atom stereocenters. The van der Waals surface area contributed by atoms with Crippen LogP contribution in [0.15, 0.2) is 15.0 Å². The average Bonchev–Trinajstić information content (AvgIpc) is 2.31. The first-order chi connectivity index (χ1) is 5.27. The highest BCUT2D eigenvalue weighted by Gasteiger charge is 2.33. The number of rotatable bonds is 0. The molecule has 2 aliphatic heterocycles. The topological polar surface area (TPSA) is 46.3 Å². The van der Waals surface area contributed by atoms with Crippen LogP contribution >= 0.6 is 11.6 Å². The smallest absolute Gasteiger partial charge is 0.221 e. The van der Waals surface area contributed by atoms with Gasteiger partial charge in [-0.25, -0.2) is 15.0 Å². The van der Waals surface area contributed by atoms with Crippen LogP contribution in [0.4, 0.5) is 0 Å². The van der Waals surface area contributed by atoms with Crippen LogP contribution in [0.1, 0.15) is 6.92 Å². The maximum absolute atomic E-state index is 5.75. The lowest BCUT2D eigenvalue weighted by Crippen LogP contribution is -2.28. The number of halogens is 1. The summed E-state index contributed by atoms with van der Waals surface area (Å²) >= 11 is 5.75. The standard InChI is InChI=1S/C6H6ClN3O/c1-3-10-4-5(7)8-2-9-6(4)11-3/h2,4,6H,1H3. The molecule has 0 amide bonds. The third-order valence-corrected chi connectivity index (χ3v) is 1.84.